The predicted octanol–water partition coefficient (Wildman–Crippen LogP) is 2.85. The molecule has 0 bridgehead atoms. The van der Waals surface area contributed by atoms with E-state index in [1.165, 1.54) is 0 Å². The van der Waals surface area contributed by atoms with Crippen LogP contribution in [0.25, 0.3) is 0 Å². The van der Waals surface area contributed by atoms with Gasteiger partial charge in [-0.25, -0.2) is 4.98 Å². The second kappa shape index (κ2) is 6.58. The van der Waals surface area contributed by atoms with Crippen molar-refractivity contribution in [2.45, 2.75) is 6.92 Å². The van der Waals surface area contributed by atoms with Crippen molar-refractivity contribution >= 4 is 40.7 Å². The van der Waals surface area contributed by atoms with Gasteiger partial charge < -0.3 is 10.6 Å². The van der Waals surface area contributed by atoms with Crippen molar-refractivity contribution in [2.24, 2.45) is 0 Å². The first-order valence-corrected chi connectivity index (χ1v) is 7.38. The summed E-state index contributed by atoms with van der Waals surface area (Å²) in [7, 11) is 0. The van der Waals surface area contributed by atoms with E-state index in [2.05, 4.69) is 28.2 Å². The molecule has 0 aliphatic heterocycles. The maximum atomic E-state index is 11.7. The molecule has 0 radical (unpaired) electrons. The molecule has 2 rings (SSSR count). The van der Waals surface area contributed by atoms with Gasteiger partial charge in [-0.3, -0.25) is 4.79 Å². The number of aromatic nitrogens is 1. The average molecular weight is 293 g/mol. The van der Waals surface area contributed by atoms with E-state index in [4.69, 9.17) is 0 Å². The van der Waals surface area contributed by atoms with E-state index in [1.807, 2.05) is 24.4 Å². The molecular formula is C13H15N3OS2. The standard InChI is InChI=1S/C13H15N3OS2/c1-9-8-19-13(15-9)16-11-4-2-10(3-5-11)12(17)14-6-7-18/h2-5,8,18H,6-7H2,1H3,(H,14,17)(H,15,16). The number of carbonyl (C=O) groups is 1. The monoisotopic (exact) mass is 293 g/mol. The highest BCUT2D eigenvalue weighted by atomic mass is 32.1. The molecule has 19 heavy (non-hydrogen) atoms. The molecule has 2 aromatic rings. The molecule has 0 spiro atoms. The van der Waals surface area contributed by atoms with Crippen LogP contribution in [0.4, 0.5) is 10.8 Å². The minimum atomic E-state index is -0.0781. The zero-order valence-electron chi connectivity index (χ0n) is 10.5. The zero-order chi connectivity index (χ0) is 13.7. The number of aryl methyl sites for hydroxylation is 1. The molecule has 100 valence electrons. The smallest absolute Gasteiger partial charge is 0.251 e. The Morgan fingerprint density at radius 3 is 2.68 bits per heavy atom. The lowest BCUT2D eigenvalue weighted by Crippen LogP contribution is -2.25. The third-order valence-electron chi connectivity index (χ3n) is 2.41. The summed E-state index contributed by atoms with van der Waals surface area (Å²) in [6, 6.07) is 7.31. The van der Waals surface area contributed by atoms with Gasteiger partial charge in [0, 0.05) is 28.9 Å². The number of hydrogen-bond donors (Lipinski definition) is 3. The highest BCUT2D eigenvalue weighted by Gasteiger charge is 2.04. The van der Waals surface area contributed by atoms with Gasteiger partial charge in [-0.1, -0.05) is 0 Å². The van der Waals surface area contributed by atoms with Gasteiger partial charge in [0.05, 0.1) is 5.69 Å². The number of rotatable bonds is 5. The lowest BCUT2D eigenvalue weighted by Gasteiger charge is -2.05. The van der Waals surface area contributed by atoms with Crippen molar-refractivity contribution in [1.82, 2.24) is 10.3 Å². The quantitative estimate of drug-likeness (QED) is 0.743. The molecule has 0 unspecified atom stereocenters. The Morgan fingerprint density at radius 1 is 1.37 bits per heavy atom. The number of thiazole rings is 1. The molecule has 4 nitrogen and oxygen atoms in total. The second-order valence-electron chi connectivity index (χ2n) is 3.98. The van der Waals surface area contributed by atoms with Crippen LogP contribution in [0.3, 0.4) is 0 Å². The fraction of sp³-hybridized carbons (Fsp3) is 0.231. The van der Waals surface area contributed by atoms with Crippen molar-refractivity contribution < 1.29 is 4.79 Å². The minimum absolute atomic E-state index is 0.0781. The minimum Gasteiger partial charge on any atom is -0.351 e. The molecule has 6 heteroatoms. The SMILES string of the molecule is Cc1csc(Nc2ccc(C(=O)NCCS)cc2)n1. The third kappa shape index (κ3) is 3.97. The Hall–Kier alpha value is -1.53. The van der Waals surface area contributed by atoms with Gasteiger partial charge in [0.15, 0.2) is 5.13 Å². The maximum Gasteiger partial charge on any atom is 0.251 e. The fourth-order valence-electron chi connectivity index (χ4n) is 1.51. The molecule has 0 fully saturated rings. The second-order valence-corrected chi connectivity index (χ2v) is 5.28. The van der Waals surface area contributed by atoms with E-state index in [0.29, 0.717) is 17.9 Å². The number of hydrogen-bond acceptors (Lipinski definition) is 5. The fourth-order valence-corrected chi connectivity index (χ4v) is 2.33. The summed E-state index contributed by atoms with van der Waals surface area (Å²) in [4.78, 5) is 16.0. The zero-order valence-corrected chi connectivity index (χ0v) is 12.2. The molecule has 0 aliphatic rings. The highest BCUT2D eigenvalue weighted by molar-refractivity contribution is 7.80. The Kier molecular flexibility index (Phi) is 4.81. The Balaban J connectivity index is 2.00. The summed E-state index contributed by atoms with van der Waals surface area (Å²) in [5, 5.41) is 8.81. The molecule has 1 heterocycles. The topological polar surface area (TPSA) is 54.0 Å². The maximum absolute atomic E-state index is 11.7. The van der Waals surface area contributed by atoms with Crippen molar-refractivity contribution in [1.29, 1.82) is 0 Å². The number of benzene rings is 1. The summed E-state index contributed by atoms with van der Waals surface area (Å²) in [5.41, 5.74) is 2.55. The molecule has 0 saturated carbocycles. The van der Waals surface area contributed by atoms with E-state index < -0.39 is 0 Å². The van der Waals surface area contributed by atoms with E-state index in [-0.39, 0.29) is 5.91 Å². The molecular weight excluding hydrogens is 278 g/mol. The molecule has 0 atom stereocenters. The van der Waals surface area contributed by atoms with Gasteiger partial charge in [0.2, 0.25) is 0 Å². The third-order valence-corrected chi connectivity index (χ3v) is 3.51. The number of carbonyl (C=O) groups excluding carboxylic acids is 1. The van der Waals surface area contributed by atoms with Crippen LogP contribution in [-0.4, -0.2) is 23.2 Å². The lowest BCUT2D eigenvalue weighted by molar-refractivity contribution is 0.0956. The number of thiol groups is 1. The van der Waals surface area contributed by atoms with Gasteiger partial charge in [0.25, 0.3) is 5.91 Å². The average Bonchev–Trinajstić information content (AvgIpc) is 2.82. The van der Waals surface area contributed by atoms with Crippen molar-refractivity contribution in [3.8, 4) is 0 Å². The van der Waals surface area contributed by atoms with Crippen LogP contribution in [0.15, 0.2) is 29.6 Å². The van der Waals surface area contributed by atoms with E-state index in [0.717, 1.165) is 16.5 Å². The summed E-state index contributed by atoms with van der Waals surface area (Å²) < 4.78 is 0. The number of nitrogens with one attached hydrogen (secondary N) is 2. The van der Waals surface area contributed by atoms with Crippen LogP contribution in [0.2, 0.25) is 0 Å². The van der Waals surface area contributed by atoms with Crippen LogP contribution < -0.4 is 10.6 Å². The van der Waals surface area contributed by atoms with Gasteiger partial charge >= 0.3 is 0 Å². The number of anilines is 2. The summed E-state index contributed by atoms with van der Waals surface area (Å²) in [6.07, 6.45) is 0. The largest absolute Gasteiger partial charge is 0.351 e. The van der Waals surface area contributed by atoms with Crippen LogP contribution in [0, 0.1) is 6.92 Å². The highest BCUT2D eigenvalue weighted by Crippen LogP contribution is 2.20. The summed E-state index contributed by atoms with van der Waals surface area (Å²) in [6.45, 7) is 2.52. The van der Waals surface area contributed by atoms with Gasteiger partial charge in [-0.05, 0) is 31.2 Å². The Bertz CT molecular complexity index is 551. The molecule has 0 saturated heterocycles. The van der Waals surface area contributed by atoms with Crippen molar-refractivity contribution in [3.05, 3.63) is 40.9 Å². The van der Waals surface area contributed by atoms with E-state index in [1.54, 1.807) is 23.5 Å². The molecule has 1 aromatic heterocycles. The first kappa shape index (κ1) is 13.9. The molecule has 1 amide bonds. The van der Waals surface area contributed by atoms with Crippen molar-refractivity contribution in [2.75, 3.05) is 17.6 Å². The molecule has 0 aliphatic carbocycles. The van der Waals surface area contributed by atoms with Crippen LogP contribution >= 0.6 is 24.0 Å². The van der Waals surface area contributed by atoms with Crippen LogP contribution in [-0.2, 0) is 0 Å². The van der Waals surface area contributed by atoms with Gasteiger partial charge in [-0.2, -0.15) is 12.6 Å². The Labute approximate surface area is 121 Å². The predicted molar refractivity (Wildman–Crippen MR) is 82.8 cm³/mol. The van der Waals surface area contributed by atoms with Crippen molar-refractivity contribution in [3.63, 3.8) is 0 Å². The van der Waals surface area contributed by atoms with E-state index >= 15 is 0 Å². The normalized spacial score (nSPS) is 10.2. The van der Waals surface area contributed by atoms with E-state index in [9.17, 15) is 4.79 Å². The first-order chi connectivity index (χ1) is 9.19. The lowest BCUT2D eigenvalue weighted by atomic mass is 10.2. The van der Waals surface area contributed by atoms with Gasteiger partial charge in [-0.15, -0.1) is 11.3 Å². The molecule has 2 N–H and O–H groups in total. The summed E-state index contributed by atoms with van der Waals surface area (Å²) in [5.74, 6) is 0.556. The van der Waals surface area contributed by atoms with Crippen LogP contribution in [0.1, 0.15) is 16.1 Å². The molecule has 1 aromatic carbocycles. The Morgan fingerprint density at radius 2 is 2.11 bits per heavy atom. The van der Waals surface area contributed by atoms with Crippen LogP contribution in [0.5, 0.6) is 0 Å². The number of nitrogens with zero attached hydrogens (tertiary/aromatic N) is 1. The summed E-state index contributed by atoms with van der Waals surface area (Å²) >= 11 is 5.61. The van der Waals surface area contributed by atoms with Gasteiger partial charge in [0.1, 0.15) is 0 Å². The first-order valence-electron chi connectivity index (χ1n) is 5.87. The number of amides is 1.